The third-order valence-corrected chi connectivity index (χ3v) is 3.44. The molecule has 0 spiro atoms. The first-order valence-electron chi connectivity index (χ1n) is 5.61. The molecule has 0 amide bonds. The molecule has 0 saturated carbocycles. The number of ether oxygens (including phenoxy) is 1. The maximum Gasteiger partial charge on any atom is 0.122 e. The Morgan fingerprint density at radius 1 is 1.27 bits per heavy atom. The molecule has 0 radical (unpaired) electrons. The van der Waals surface area contributed by atoms with Gasteiger partial charge in [-0.25, -0.2) is 0 Å². The van der Waals surface area contributed by atoms with E-state index < -0.39 is 0 Å². The SMILES string of the molecule is COc1ccc([C@@H]2CCCN2)c(C)c1C. The van der Waals surface area contributed by atoms with Gasteiger partial charge in [-0.2, -0.15) is 0 Å². The first kappa shape index (κ1) is 10.5. The molecule has 82 valence electrons. The summed E-state index contributed by atoms with van der Waals surface area (Å²) in [5.74, 6) is 0.995. The zero-order valence-electron chi connectivity index (χ0n) is 9.76. The largest absolute Gasteiger partial charge is 0.496 e. The van der Waals surface area contributed by atoms with Crippen LogP contribution >= 0.6 is 0 Å². The van der Waals surface area contributed by atoms with Gasteiger partial charge in [-0.1, -0.05) is 6.07 Å². The van der Waals surface area contributed by atoms with Crippen molar-refractivity contribution in [2.75, 3.05) is 13.7 Å². The minimum absolute atomic E-state index is 0.551. The summed E-state index contributed by atoms with van der Waals surface area (Å²) in [6.45, 7) is 5.47. The maximum atomic E-state index is 5.32. The number of benzene rings is 1. The van der Waals surface area contributed by atoms with Gasteiger partial charge in [0.1, 0.15) is 5.75 Å². The van der Waals surface area contributed by atoms with Gasteiger partial charge in [-0.3, -0.25) is 0 Å². The second kappa shape index (κ2) is 4.23. The van der Waals surface area contributed by atoms with Crippen LogP contribution in [0.25, 0.3) is 0 Å². The van der Waals surface area contributed by atoms with Gasteiger partial charge < -0.3 is 10.1 Å². The minimum atomic E-state index is 0.551. The van der Waals surface area contributed by atoms with Crippen molar-refractivity contribution < 1.29 is 4.74 Å². The zero-order chi connectivity index (χ0) is 10.8. The normalized spacial score (nSPS) is 20.6. The smallest absolute Gasteiger partial charge is 0.122 e. The summed E-state index contributed by atoms with van der Waals surface area (Å²) in [6, 6.07) is 4.83. The predicted octanol–water partition coefficient (Wildman–Crippen LogP) is 2.74. The van der Waals surface area contributed by atoms with E-state index in [0.29, 0.717) is 6.04 Å². The van der Waals surface area contributed by atoms with Crippen molar-refractivity contribution in [1.82, 2.24) is 5.32 Å². The number of methoxy groups -OCH3 is 1. The van der Waals surface area contributed by atoms with Gasteiger partial charge in [0.2, 0.25) is 0 Å². The molecule has 1 aliphatic rings. The van der Waals surface area contributed by atoms with Crippen LogP contribution < -0.4 is 10.1 Å². The fourth-order valence-corrected chi connectivity index (χ4v) is 2.37. The van der Waals surface area contributed by atoms with E-state index in [-0.39, 0.29) is 0 Å². The lowest BCUT2D eigenvalue weighted by Gasteiger charge is -2.17. The average molecular weight is 205 g/mol. The molecule has 0 aliphatic carbocycles. The van der Waals surface area contributed by atoms with Crippen LogP contribution in [0.1, 0.15) is 35.6 Å². The molecule has 0 unspecified atom stereocenters. The molecular weight excluding hydrogens is 186 g/mol. The van der Waals surface area contributed by atoms with E-state index in [1.165, 1.54) is 29.5 Å². The number of hydrogen-bond donors (Lipinski definition) is 1. The number of rotatable bonds is 2. The van der Waals surface area contributed by atoms with Gasteiger partial charge in [0.15, 0.2) is 0 Å². The van der Waals surface area contributed by atoms with Crippen molar-refractivity contribution in [1.29, 1.82) is 0 Å². The van der Waals surface area contributed by atoms with Crippen LogP contribution in [0.5, 0.6) is 5.75 Å². The standard InChI is InChI=1S/C13H19NO/c1-9-10(2)13(15-3)7-6-11(9)12-5-4-8-14-12/h6-7,12,14H,4-5,8H2,1-3H3/t12-/m0/s1. The third kappa shape index (κ3) is 1.86. The molecule has 1 fully saturated rings. The van der Waals surface area contributed by atoms with E-state index >= 15 is 0 Å². The van der Waals surface area contributed by atoms with Crippen molar-refractivity contribution in [3.8, 4) is 5.75 Å². The molecular formula is C13H19NO. The Kier molecular flexibility index (Phi) is 2.96. The van der Waals surface area contributed by atoms with Crippen LogP contribution in [0.4, 0.5) is 0 Å². The fourth-order valence-electron chi connectivity index (χ4n) is 2.37. The Morgan fingerprint density at radius 3 is 2.67 bits per heavy atom. The second-order valence-corrected chi connectivity index (χ2v) is 4.26. The molecule has 1 aromatic rings. The third-order valence-electron chi connectivity index (χ3n) is 3.44. The monoisotopic (exact) mass is 205 g/mol. The molecule has 2 rings (SSSR count). The van der Waals surface area contributed by atoms with Crippen LogP contribution in [0.15, 0.2) is 12.1 Å². The molecule has 15 heavy (non-hydrogen) atoms. The average Bonchev–Trinajstić information content (AvgIpc) is 2.75. The summed E-state index contributed by atoms with van der Waals surface area (Å²) in [6.07, 6.45) is 2.54. The second-order valence-electron chi connectivity index (χ2n) is 4.26. The summed E-state index contributed by atoms with van der Waals surface area (Å²) < 4.78 is 5.32. The highest BCUT2D eigenvalue weighted by atomic mass is 16.5. The molecule has 1 heterocycles. The van der Waals surface area contributed by atoms with E-state index in [9.17, 15) is 0 Å². The predicted molar refractivity (Wildman–Crippen MR) is 62.4 cm³/mol. The molecule has 1 atom stereocenters. The van der Waals surface area contributed by atoms with Crippen LogP contribution in [0, 0.1) is 13.8 Å². The molecule has 1 N–H and O–H groups in total. The zero-order valence-corrected chi connectivity index (χ0v) is 9.76. The van der Waals surface area contributed by atoms with Gasteiger partial charge in [-0.15, -0.1) is 0 Å². The lowest BCUT2D eigenvalue weighted by Crippen LogP contribution is -2.14. The van der Waals surface area contributed by atoms with Gasteiger partial charge >= 0.3 is 0 Å². The number of hydrogen-bond acceptors (Lipinski definition) is 2. The molecule has 2 heteroatoms. The van der Waals surface area contributed by atoms with E-state index in [1.807, 2.05) is 0 Å². The molecule has 1 aliphatic heterocycles. The molecule has 0 bridgehead atoms. The highest BCUT2D eigenvalue weighted by Crippen LogP contribution is 2.31. The lowest BCUT2D eigenvalue weighted by molar-refractivity contribution is 0.410. The maximum absolute atomic E-state index is 5.32. The number of nitrogens with one attached hydrogen (secondary N) is 1. The quantitative estimate of drug-likeness (QED) is 0.801. The fraction of sp³-hybridized carbons (Fsp3) is 0.538. The van der Waals surface area contributed by atoms with Crippen LogP contribution in [-0.2, 0) is 0 Å². The summed E-state index contributed by atoms with van der Waals surface area (Å²) >= 11 is 0. The summed E-state index contributed by atoms with van der Waals surface area (Å²) in [5, 5.41) is 3.54. The summed E-state index contributed by atoms with van der Waals surface area (Å²) in [5.41, 5.74) is 4.07. The highest BCUT2D eigenvalue weighted by Gasteiger charge is 2.19. The Hall–Kier alpha value is -1.02. The van der Waals surface area contributed by atoms with Gasteiger partial charge in [0.25, 0.3) is 0 Å². The highest BCUT2D eigenvalue weighted by molar-refractivity contribution is 5.44. The summed E-state index contributed by atoms with van der Waals surface area (Å²) in [7, 11) is 1.73. The molecule has 1 saturated heterocycles. The van der Waals surface area contributed by atoms with E-state index in [2.05, 4.69) is 31.3 Å². The first-order chi connectivity index (χ1) is 7.24. The van der Waals surface area contributed by atoms with Crippen LogP contribution in [0.3, 0.4) is 0 Å². The molecule has 0 aromatic heterocycles. The Bertz CT molecular complexity index is 354. The van der Waals surface area contributed by atoms with Crippen molar-refractivity contribution in [3.63, 3.8) is 0 Å². The van der Waals surface area contributed by atoms with Gasteiger partial charge in [0, 0.05) is 6.04 Å². The van der Waals surface area contributed by atoms with Gasteiger partial charge in [-0.05, 0) is 56.0 Å². The van der Waals surface area contributed by atoms with Crippen LogP contribution in [-0.4, -0.2) is 13.7 Å². The Balaban J connectivity index is 2.36. The lowest BCUT2D eigenvalue weighted by atomic mass is 9.96. The topological polar surface area (TPSA) is 21.3 Å². The van der Waals surface area contributed by atoms with Crippen LogP contribution in [0.2, 0.25) is 0 Å². The van der Waals surface area contributed by atoms with E-state index in [0.717, 1.165) is 12.3 Å². The van der Waals surface area contributed by atoms with Gasteiger partial charge in [0.05, 0.1) is 7.11 Å². The van der Waals surface area contributed by atoms with E-state index in [4.69, 9.17) is 4.74 Å². The Morgan fingerprint density at radius 2 is 2.07 bits per heavy atom. The summed E-state index contributed by atoms with van der Waals surface area (Å²) in [4.78, 5) is 0. The minimum Gasteiger partial charge on any atom is -0.496 e. The van der Waals surface area contributed by atoms with Crippen molar-refractivity contribution in [2.45, 2.75) is 32.7 Å². The van der Waals surface area contributed by atoms with Crippen molar-refractivity contribution in [3.05, 3.63) is 28.8 Å². The van der Waals surface area contributed by atoms with Crippen molar-refractivity contribution in [2.24, 2.45) is 0 Å². The van der Waals surface area contributed by atoms with E-state index in [1.54, 1.807) is 7.11 Å². The molecule has 1 aromatic carbocycles. The van der Waals surface area contributed by atoms with Crippen molar-refractivity contribution >= 4 is 0 Å². The molecule has 2 nitrogen and oxygen atoms in total. The Labute approximate surface area is 91.6 Å². The first-order valence-corrected chi connectivity index (χ1v) is 5.61.